The highest BCUT2D eigenvalue weighted by molar-refractivity contribution is 7.99. The van der Waals surface area contributed by atoms with Crippen molar-refractivity contribution in [2.24, 2.45) is 0 Å². The first-order valence-corrected chi connectivity index (χ1v) is 8.73. The van der Waals surface area contributed by atoms with Gasteiger partial charge in [-0.25, -0.2) is 0 Å². The van der Waals surface area contributed by atoms with E-state index in [1.54, 1.807) is 13.4 Å². The minimum Gasteiger partial charge on any atom is -0.385 e. The van der Waals surface area contributed by atoms with Gasteiger partial charge < -0.3 is 9.30 Å². The van der Waals surface area contributed by atoms with E-state index in [2.05, 4.69) is 24.0 Å². The maximum Gasteiger partial charge on any atom is 0.191 e. The molecule has 0 saturated carbocycles. The van der Waals surface area contributed by atoms with Gasteiger partial charge >= 0.3 is 0 Å². The Morgan fingerprint density at radius 3 is 2.70 bits per heavy atom. The predicted molar refractivity (Wildman–Crippen MR) is 92.1 cm³/mol. The zero-order valence-corrected chi connectivity index (χ0v) is 14.7. The van der Waals surface area contributed by atoms with Crippen LogP contribution in [0.3, 0.4) is 0 Å². The lowest BCUT2D eigenvalue weighted by molar-refractivity contribution is 0.102. The molecule has 0 fully saturated rings. The standard InChI is InChI=1S/C17H23N3O2S/c1-13(2)14-5-7-15(8-6-14)16(21)11-23-17-19-18-12-20(17)9-4-10-22-3/h5-8,12-13H,4,9-11H2,1-3H3. The van der Waals surface area contributed by atoms with Crippen molar-refractivity contribution in [3.63, 3.8) is 0 Å². The van der Waals surface area contributed by atoms with Crippen molar-refractivity contribution in [2.45, 2.75) is 37.9 Å². The van der Waals surface area contributed by atoms with Crippen LogP contribution in [0.25, 0.3) is 0 Å². The Bertz CT molecular complexity index is 623. The minimum absolute atomic E-state index is 0.108. The van der Waals surface area contributed by atoms with Gasteiger partial charge in [-0.1, -0.05) is 49.9 Å². The SMILES string of the molecule is COCCCn1cnnc1SCC(=O)c1ccc(C(C)C)cc1. The highest BCUT2D eigenvalue weighted by Crippen LogP contribution is 2.19. The Hall–Kier alpha value is -1.66. The van der Waals surface area contributed by atoms with E-state index in [9.17, 15) is 4.79 Å². The number of thioether (sulfide) groups is 1. The molecule has 0 bridgehead atoms. The molecular formula is C17H23N3O2S. The van der Waals surface area contributed by atoms with Crippen LogP contribution in [0.2, 0.25) is 0 Å². The van der Waals surface area contributed by atoms with Gasteiger partial charge in [-0.2, -0.15) is 0 Å². The molecule has 0 aliphatic rings. The molecule has 0 N–H and O–H groups in total. The van der Waals surface area contributed by atoms with Gasteiger partial charge in [-0.15, -0.1) is 10.2 Å². The van der Waals surface area contributed by atoms with Crippen molar-refractivity contribution in [3.8, 4) is 0 Å². The van der Waals surface area contributed by atoms with Gasteiger partial charge in [0.1, 0.15) is 6.33 Å². The first-order chi connectivity index (χ1) is 11.1. The predicted octanol–water partition coefficient (Wildman–Crippen LogP) is 3.41. The third kappa shape index (κ3) is 5.18. The number of aromatic nitrogens is 3. The lowest BCUT2D eigenvalue weighted by atomic mass is 10.0. The molecule has 0 unspecified atom stereocenters. The van der Waals surface area contributed by atoms with Crippen LogP contribution in [0, 0.1) is 0 Å². The van der Waals surface area contributed by atoms with Crippen LogP contribution < -0.4 is 0 Å². The van der Waals surface area contributed by atoms with E-state index in [1.165, 1.54) is 17.3 Å². The highest BCUT2D eigenvalue weighted by atomic mass is 32.2. The number of nitrogens with zero attached hydrogens (tertiary/aromatic N) is 3. The van der Waals surface area contributed by atoms with E-state index in [0.29, 0.717) is 18.3 Å². The monoisotopic (exact) mass is 333 g/mol. The smallest absolute Gasteiger partial charge is 0.191 e. The molecule has 5 nitrogen and oxygen atoms in total. The Balaban J connectivity index is 1.90. The number of rotatable bonds is 9. The van der Waals surface area contributed by atoms with E-state index in [0.717, 1.165) is 23.7 Å². The molecular weight excluding hydrogens is 310 g/mol. The summed E-state index contributed by atoms with van der Waals surface area (Å²) < 4.78 is 7.00. The summed E-state index contributed by atoms with van der Waals surface area (Å²) in [6.07, 6.45) is 2.59. The summed E-state index contributed by atoms with van der Waals surface area (Å²) >= 11 is 1.42. The van der Waals surface area contributed by atoms with Gasteiger partial charge in [-0.3, -0.25) is 4.79 Å². The van der Waals surface area contributed by atoms with E-state index >= 15 is 0 Å². The van der Waals surface area contributed by atoms with E-state index < -0.39 is 0 Å². The average Bonchev–Trinajstić information content (AvgIpc) is 3.00. The summed E-state index contributed by atoms with van der Waals surface area (Å²) in [5.74, 6) is 0.945. The number of hydrogen-bond acceptors (Lipinski definition) is 5. The van der Waals surface area contributed by atoms with Crippen molar-refractivity contribution in [1.82, 2.24) is 14.8 Å². The lowest BCUT2D eigenvalue weighted by Crippen LogP contribution is -2.06. The quantitative estimate of drug-likeness (QED) is 0.400. The molecule has 0 atom stereocenters. The van der Waals surface area contributed by atoms with Crippen LogP contribution in [0.1, 0.15) is 42.1 Å². The number of Topliss-reactive ketones (excluding diaryl/α,β-unsaturated/α-hetero) is 1. The van der Waals surface area contributed by atoms with Crippen LogP contribution in [0.15, 0.2) is 35.7 Å². The fourth-order valence-electron chi connectivity index (χ4n) is 2.16. The molecule has 1 aromatic carbocycles. The maximum absolute atomic E-state index is 12.3. The second kappa shape index (κ2) is 8.84. The van der Waals surface area contributed by atoms with Crippen molar-refractivity contribution in [2.75, 3.05) is 19.5 Å². The maximum atomic E-state index is 12.3. The van der Waals surface area contributed by atoms with Crippen molar-refractivity contribution in [1.29, 1.82) is 0 Å². The zero-order chi connectivity index (χ0) is 16.7. The Morgan fingerprint density at radius 1 is 1.30 bits per heavy atom. The molecule has 124 valence electrons. The summed E-state index contributed by atoms with van der Waals surface area (Å²) in [7, 11) is 1.69. The van der Waals surface area contributed by atoms with Gasteiger partial charge in [0.2, 0.25) is 0 Å². The number of hydrogen-bond donors (Lipinski definition) is 0. The zero-order valence-electron chi connectivity index (χ0n) is 13.9. The first kappa shape index (κ1) is 17.7. The van der Waals surface area contributed by atoms with Crippen LogP contribution in [0.4, 0.5) is 0 Å². The summed E-state index contributed by atoms with van der Waals surface area (Å²) in [5, 5.41) is 8.77. The fourth-order valence-corrected chi connectivity index (χ4v) is 2.99. The van der Waals surface area contributed by atoms with Crippen LogP contribution in [-0.2, 0) is 11.3 Å². The minimum atomic E-state index is 0.108. The molecule has 1 aromatic heterocycles. The number of ketones is 1. The van der Waals surface area contributed by atoms with Gasteiger partial charge in [0.25, 0.3) is 0 Å². The van der Waals surface area contributed by atoms with Crippen LogP contribution in [0.5, 0.6) is 0 Å². The molecule has 0 amide bonds. The molecule has 2 rings (SSSR count). The first-order valence-electron chi connectivity index (χ1n) is 7.74. The molecule has 0 aliphatic carbocycles. The molecule has 1 heterocycles. The molecule has 0 aliphatic heterocycles. The Kier molecular flexibility index (Phi) is 6.80. The lowest BCUT2D eigenvalue weighted by Gasteiger charge is -2.07. The summed E-state index contributed by atoms with van der Waals surface area (Å²) in [4.78, 5) is 12.3. The molecule has 0 spiro atoms. The fraction of sp³-hybridized carbons (Fsp3) is 0.471. The number of methoxy groups -OCH3 is 1. The third-order valence-corrected chi connectivity index (χ3v) is 4.54. The van der Waals surface area contributed by atoms with Crippen LogP contribution in [-0.4, -0.2) is 40.0 Å². The van der Waals surface area contributed by atoms with Gasteiger partial charge in [0.05, 0.1) is 5.75 Å². The number of carbonyl (C=O) groups is 1. The number of benzene rings is 1. The van der Waals surface area contributed by atoms with Crippen LogP contribution >= 0.6 is 11.8 Å². The third-order valence-electron chi connectivity index (χ3n) is 3.56. The Morgan fingerprint density at radius 2 is 2.04 bits per heavy atom. The van der Waals surface area contributed by atoms with Gasteiger partial charge in [0.15, 0.2) is 10.9 Å². The number of ether oxygens (including phenoxy) is 1. The van der Waals surface area contributed by atoms with E-state index in [4.69, 9.17) is 4.74 Å². The van der Waals surface area contributed by atoms with E-state index in [1.807, 2.05) is 28.8 Å². The van der Waals surface area contributed by atoms with Gasteiger partial charge in [-0.05, 0) is 17.9 Å². The largest absolute Gasteiger partial charge is 0.385 e. The second-order valence-corrected chi connectivity index (χ2v) is 6.58. The topological polar surface area (TPSA) is 57.0 Å². The highest BCUT2D eigenvalue weighted by Gasteiger charge is 2.11. The number of aryl methyl sites for hydroxylation is 1. The number of carbonyl (C=O) groups excluding carboxylic acids is 1. The summed E-state index contributed by atoms with van der Waals surface area (Å²) in [6, 6.07) is 7.86. The normalized spacial score (nSPS) is 11.1. The molecule has 6 heteroatoms. The van der Waals surface area contributed by atoms with Gasteiger partial charge in [0, 0.05) is 25.8 Å². The second-order valence-electron chi connectivity index (χ2n) is 5.64. The molecule has 0 saturated heterocycles. The summed E-state index contributed by atoms with van der Waals surface area (Å²) in [6.45, 7) is 5.77. The van der Waals surface area contributed by atoms with Crippen molar-refractivity contribution < 1.29 is 9.53 Å². The van der Waals surface area contributed by atoms with Crippen molar-refractivity contribution in [3.05, 3.63) is 41.7 Å². The molecule has 0 radical (unpaired) electrons. The Labute approximate surface area is 141 Å². The van der Waals surface area contributed by atoms with Crippen molar-refractivity contribution >= 4 is 17.5 Å². The molecule has 23 heavy (non-hydrogen) atoms. The van der Waals surface area contributed by atoms with E-state index in [-0.39, 0.29) is 5.78 Å². The molecule has 2 aromatic rings. The average molecular weight is 333 g/mol. The summed E-state index contributed by atoms with van der Waals surface area (Å²) in [5.41, 5.74) is 1.99.